The number of aliphatic carboxylic acids is 1. The maximum atomic E-state index is 10.8. The van der Waals surface area contributed by atoms with Crippen LogP contribution in [0.15, 0.2) is 4.21 Å². The molecule has 4 N–H and O–H groups in total. The summed E-state index contributed by atoms with van der Waals surface area (Å²) in [5.41, 5.74) is 6.51. The summed E-state index contributed by atoms with van der Waals surface area (Å²) in [7, 11) is 0. The van der Waals surface area contributed by atoms with Crippen molar-refractivity contribution >= 4 is 34.2 Å². The van der Waals surface area contributed by atoms with Crippen molar-refractivity contribution in [1.29, 1.82) is 0 Å². The van der Waals surface area contributed by atoms with Crippen LogP contribution in [0.1, 0.15) is 12.1 Å². The van der Waals surface area contributed by atoms with Crippen LogP contribution < -0.4 is 11.1 Å². The van der Waals surface area contributed by atoms with Crippen LogP contribution >= 0.6 is 23.1 Å². The van der Waals surface area contributed by atoms with Gasteiger partial charge in [0.15, 0.2) is 5.13 Å². The zero-order valence-corrected chi connectivity index (χ0v) is 10.5. The van der Waals surface area contributed by atoms with Gasteiger partial charge >= 0.3 is 5.97 Å². The Morgan fingerprint density at radius 1 is 1.75 bits per heavy atom. The van der Waals surface area contributed by atoms with Crippen molar-refractivity contribution in [2.75, 3.05) is 18.8 Å². The van der Waals surface area contributed by atoms with Crippen LogP contribution in [0.4, 0.5) is 5.13 Å². The first kappa shape index (κ1) is 11.7. The van der Waals surface area contributed by atoms with Crippen molar-refractivity contribution in [1.82, 2.24) is 10.3 Å². The number of carboxylic acid groups (broad SMARTS) is 1. The van der Waals surface area contributed by atoms with E-state index in [4.69, 9.17) is 10.8 Å². The summed E-state index contributed by atoms with van der Waals surface area (Å²) < 4.78 is 0.801. The molecule has 5 nitrogen and oxygen atoms in total. The molecule has 0 radical (unpaired) electrons. The fourth-order valence-electron chi connectivity index (χ4n) is 1.61. The predicted molar refractivity (Wildman–Crippen MR) is 65.0 cm³/mol. The van der Waals surface area contributed by atoms with Crippen molar-refractivity contribution in [3.8, 4) is 0 Å². The quantitative estimate of drug-likeness (QED) is 0.746. The van der Waals surface area contributed by atoms with Crippen LogP contribution in [-0.4, -0.2) is 33.9 Å². The highest BCUT2D eigenvalue weighted by molar-refractivity contribution is 8.02. The van der Waals surface area contributed by atoms with E-state index >= 15 is 0 Å². The lowest BCUT2D eigenvalue weighted by atomic mass is 9.98. The molecule has 0 saturated carbocycles. The first-order valence-electron chi connectivity index (χ1n) is 4.85. The van der Waals surface area contributed by atoms with E-state index in [1.807, 2.05) is 6.92 Å². The summed E-state index contributed by atoms with van der Waals surface area (Å²) in [4.78, 5) is 15.0. The van der Waals surface area contributed by atoms with E-state index in [1.54, 1.807) is 11.8 Å². The Kier molecular flexibility index (Phi) is 3.09. The molecule has 2 rings (SSSR count). The van der Waals surface area contributed by atoms with Gasteiger partial charge in [-0.1, -0.05) is 11.3 Å². The van der Waals surface area contributed by atoms with Crippen molar-refractivity contribution in [3.63, 3.8) is 0 Å². The van der Waals surface area contributed by atoms with Crippen molar-refractivity contribution in [2.45, 2.75) is 22.3 Å². The van der Waals surface area contributed by atoms with E-state index in [2.05, 4.69) is 10.3 Å². The summed E-state index contributed by atoms with van der Waals surface area (Å²) in [5.74, 6) is -0.760. The van der Waals surface area contributed by atoms with Crippen LogP contribution in [0.3, 0.4) is 0 Å². The number of aromatic nitrogens is 1. The standard InChI is InChI=1S/C9H13N3O2S2/c1-5-7(15-8(10)12-5)16-9(2-6(13)14)3-11-4-9/h11H,2-4H2,1H3,(H2,10,12)(H,13,14). The fourth-order valence-corrected chi connectivity index (χ4v) is 4.26. The number of rotatable bonds is 4. The van der Waals surface area contributed by atoms with Crippen LogP contribution in [0, 0.1) is 6.92 Å². The fraction of sp³-hybridized carbons (Fsp3) is 0.556. The lowest BCUT2D eigenvalue weighted by Gasteiger charge is -2.40. The Balaban J connectivity index is 2.12. The highest BCUT2D eigenvalue weighted by atomic mass is 32.2. The zero-order chi connectivity index (χ0) is 11.8. The molecule has 0 atom stereocenters. The van der Waals surface area contributed by atoms with E-state index in [1.165, 1.54) is 11.3 Å². The molecule has 1 aliphatic heterocycles. The number of thiazole rings is 1. The van der Waals surface area contributed by atoms with E-state index in [0.717, 1.165) is 23.0 Å². The van der Waals surface area contributed by atoms with Crippen molar-refractivity contribution in [2.24, 2.45) is 0 Å². The van der Waals surface area contributed by atoms with Crippen LogP contribution in [0.5, 0.6) is 0 Å². The van der Waals surface area contributed by atoms with Gasteiger partial charge in [-0.25, -0.2) is 4.98 Å². The maximum absolute atomic E-state index is 10.8. The monoisotopic (exact) mass is 259 g/mol. The number of nitrogen functional groups attached to an aromatic ring is 1. The van der Waals surface area contributed by atoms with Gasteiger partial charge in [-0.3, -0.25) is 4.79 Å². The molecule has 1 aromatic rings. The molecule has 0 bridgehead atoms. The number of hydrogen-bond acceptors (Lipinski definition) is 6. The summed E-state index contributed by atoms with van der Waals surface area (Å²) >= 11 is 3.01. The number of aryl methyl sites for hydroxylation is 1. The minimum atomic E-state index is -0.760. The summed E-state index contributed by atoms with van der Waals surface area (Å²) in [6.07, 6.45) is 0.169. The summed E-state index contributed by atoms with van der Waals surface area (Å²) in [6.45, 7) is 3.35. The molecular weight excluding hydrogens is 246 g/mol. The molecule has 0 aromatic carbocycles. The molecule has 1 saturated heterocycles. The number of hydrogen-bond donors (Lipinski definition) is 3. The molecule has 0 unspecified atom stereocenters. The van der Waals surface area contributed by atoms with Gasteiger partial charge in [-0.2, -0.15) is 0 Å². The highest BCUT2D eigenvalue weighted by Gasteiger charge is 2.41. The van der Waals surface area contributed by atoms with Crippen LogP contribution in [0.25, 0.3) is 0 Å². The number of nitrogens with one attached hydrogen (secondary N) is 1. The molecule has 88 valence electrons. The molecule has 2 heterocycles. The largest absolute Gasteiger partial charge is 0.481 e. The number of anilines is 1. The highest BCUT2D eigenvalue weighted by Crippen LogP contribution is 2.43. The van der Waals surface area contributed by atoms with E-state index in [-0.39, 0.29) is 11.2 Å². The number of nitrogens with zero attached hydrogens (tertiary/aromatic N) is 1. The van der Waals surface area contributed by atoms with Gasteiger partial charge in [0.25, 0.3) is 0 Å². The van der Waals surface area contributed by atoms with Gasteiger partial charge in [0.05, 0.1) is 21.1 Å². The second-order valence-electron chi connectivity index (χ2n) is 3.88. The van der Waals surface area contributed by atoms with E-state index in [9.17, 15) is 4.79 Å². The van der Waals surface area contributed by atoms with Gasteiger partial charge in [0.2, 0.25) is 0 Å². The van der Waals surface area contributed by atoms with Gasteiger partial charge in [0.1, 0.15) is 0 Å². The second-order valence-corrected chi connectivity index (χ2v) is 6.65. The Bertz CT molecular complexity index is 415. The van der Waals surface area contributed by atoms with E-state index in [0.29, 0.717) is 5.13 Å². The Morgan fingerprint density at radius 3 is 2.81 bits per heavy atom. The SMILES string of the molecule is Cc1nc(N)sc1SC1(CC(=O)O)CNC1. The molecule has 16 heavy (non-hydrogen) atoms. The van der Waals surface area contributed by atoms with Gasteiger partial charge in [-0.05, 0) is 6.92 Å². The Labute approximate surface area is 101 Å². The first-order valence-corrected chi connectivity index (χ1v) is 6.48. The number of thioether (sulfide) groups is 1. The van der Waals surface area contributed by atoms with Gasteiger partial charge < -0.3 is 16.2 Å². The molecule has 1 aromatic heterocycles. The average Bonchev–Trinajstić information content (AvgIpc) is 2.40. The van der Waals surface area contributed by atoms with E-state index < -0.39 is 5.97 Å². The lowest BCUT2D eigenvalue weighted by molar-refractivity contribution is -0.138. The van der Waals surface area contributed by atoms with Crippen molar-refractivity contribution < 1.29 is 9.90 Å². The number of carbonyl (C=O) groups is 1. The number of nitrogens with two attached hydrogens (primary N) is 1. The summed E-state index contributed by atoms with van der Waals surface area (Å²) in [6, 6.07) is 0. The topological polar surface area (TPSA) is 88.2 Å². The van der Waals surface area contributed by atoms with Gasteiger partial charge in [0, 0.05) is 13.1 Å². The minimum absolute atomic E-state index is 0.169. The molecular formula is C9H13N3O2S2. The zero-order valence-electron chi connectivity index (χ0n) is 8.82. The smallest absolute Gasteiger partial charge is 0.304 e. The normalized spacial score (nSPS) is 18.1. The third kappa shape index (κ3) is 2.31. The van der Waals surface area contributed by atoms with Gasteiger partial charge in [-0.15, -0.1) is 11.8 Å². The van der Waals surface area contributed by atoms with Crippen LogP contribution in [0.2, 0.25) is 0 Å². The molecule has 7 heteroatoms. The Morgan fingerprint density at radius 2 is 2.44 bits per heavy atom. The average molecular weight is 259 g/mol. The van der Waals surface area contributed by atoms with Crippen LogP contribution in [-0.2, 0) is 4.79 Å². The number of carboxylic acids is 1. The lowest BCUT2D eigenvalue weighted by Crippen LogP contribution is -2.57. The molecule has 1 fully saturated rings. The first-order chi connectivity index (χ1) is 7.51. The maximum Gasteiger partial charge on any atom is 0.304 e. The third-order valence-corrected chi connectivity index (χ3v) is 5.08. The molecule has 0 amide bonds. The second kappa shape index (κ2) is 4.23. The third-order valence-electron chi connectivity index (χ3n) is 2.45. The summed E-state index contributed by atoms with van der Waals surface area (Å²) in [5, 5.41) is 12.6. The van der Waals surface area contributed by atoms with Crippen molar-refractivity contribution in [3.05, 3.63) is 5.69 Å². The molecule has 0 aliphatic carbocycles. The molecule has 1 aliphatic rings. The Hall–Kier alpha value is -0.790. The minimum Gasteiger partial charge on any atom is -0.481 e. The molecule has 0 spiro atoms. The predicted octanol–water partition coefficient (Wildman–Crippen LogP) is 0.943.